The Morgan fingerprint density at radius 2 is 1.81 bits per heavy atom. The van der Waals surface area contributed by atoms with Crippen molar-refractivity contribution in [3.05, 3.63) is 65.2 Å². The number of benzene rings is 2. The van der Waals surface area contributed by atoms with Gasteiger partial charge < -0.3 is 10.4 Å². The molecular weight excluding hydrogens is 306 g/mol. The average molecular weight is 322 g/mol. The minimum absolute atomic E-state index is 0.132. The lowest BCUT2D eigenvalue weighted by atomic mass is 10.1. The van der Waals surface area contributed by atoms with Gasteiger partial charge in [-0.2, -0.15) is 0 Å². The van der Waals surface area contributed by atoms with Gasteiger partial charge in [-0.3, -0.25) is 4.79 Å². The molecule has 21 heavy (non-hydrogen) atoms. The van der Waals surface area contributed by atoms with Crippen LogP contribution in [0.4, 0.5) is 0 Å². The number of aliphatic hydroxyl groups excluding tert-OH is 1. The van der Waals surface area contributed by atoms with Crippen LogP contribution in [0.5, 0.6) is 0 Å². The van der Waals surface area contributed by atoms with Crippen molar-refractivity contribution in [2.75, 3.05) is 12.4 Å². The van der Waals surface area contributed by atoms with E-state index < -0.39 is 0 Å². The molecule has 3 nitrogen and oxygen atoms in total. The molecule has 0 aliphatic heterocycles. The molecule has 2 aromatic carbocycles. The van der Waals surface area contributed by atoms with Crippen molar-refractivity contribution in [2.24, 2.45) is 0 Å². The van der Waals surface area contributed by atoms with Crippen LogP contribution in [0.3, 0.4) is 0 Å². The Morgan fingerprint density at radius 3 is 2.48 bits per heavy atom. The zero-order valence-corrected chi connectivity index (χ0v) is 12.9. The smallest absolute Gasteiger partial charge is 0.230 e. The second-order valence-electron chi connectivity index (χ2n) is 4.43. The van der Waals surface area contributed by atoms with Crippen molar-refractivity contribution in [2.45, 2.75) is 10.9 Å². The highest BCUT2D eigenvalue weighted by Gasteiger charge is 2.13. The monoisotopic (exact) mass is 321 g/mol. The van der Waals surface area contributed by atoms with Gasteiger partial charge in [-0.15, -0.1) is 11.8 Å². The predicted octanol–water partition coefficient (Wildman–Crippen LogP) is 3.28. The molecule has 0 heterocycles. The topological polar surface area (TPSA) is 49.3 Å². The fraction of sp³-hybridized carbons (Fsp3) is 0.188. The van der Waals surface area contributed by atoms with Crippen LogP contribution in [-0.4, -0.2) is 23.4 Å². The summed E-state index contributed by atoms with van der Waals surface area (Å²) in [6, 6.07) is 16.4. The summed E-state index contributed by atoms with van der Waals surface area (Å²) in [7, 11) is 0. The average Bonchev–Trinajstić information content (AvgIpc) is 2.52. The van der Waals surface area contributed by atoms with E-state index in [1.54, 1.807) is 6.07 Å². The standard InChI is InChI=1S/C16H16ClNO2S/c17-13-8-4-5-9-15(13)21-11-16(20)18-14(10-19)12-6-2-1-3-7-12/h1-9,14,19H,10-11H2,(H,18,20)/t14-/m0/s1. The van der Waals surface area contributed by atoms with Crippen molar-refractivity contribution in [3.63, 3.8) is 0 Å². The Balaban J connectivity index is 1.90. The van der Waals surface area contributed by atoms with Crippen molar-refractivity contribution < 1.29 is 9.90 Å². The molecule has 2 aromatic rings. The molecule has 0 saturated heterocycles. The Kier molecular flexibility index (Phi) is 6.11. The van der Waals surface area contributed by atoms with Gasteiger partial charge in [0, 0.05) is 4.90 Å². The third-order valence-corrected chi connectivity index (χ3v) is 4.43. The summed E-state index contributed by atoms with van der Waals surface area (Å²) in [5, 5.41) is 12.9. The van der Waals surface area contributed by atoms with Crippen LogP contribution in [0.25, 0.3) is 0 Å². The van der Waals surface area contributed by atoms with E-state index in [0.29, 0.717) is 5.02 Å². The maximum Gasteiger partial charge on any atom is 0.230 e. The second kappa shape index (κ2) is 8.08. The molecule has 110 valence electrons. The van der Waals surface area contributed by atoms with Crippen LogP contribution in [0.15, 0.2) is 59.5 Å². The maximum atomic E-state index is 12.0. The largest absolute Gasteiger partial charge is 0.394 e. The van der Waals surface area contributed by atoms with Crippen LogP contribution < -0.4 is 5.32 Å². The summed E-state index contributed by atoms with van der Waals surface area (Å²) >= 11 is 7.42. The zero-order valence-electron chi connectivity index (χ0n) is 11.3. The van der Waals surface area contributed by atoms with Crippen LogP contribution in [-0.2, 0) is 4.79 Å². The number of thioether (sulfide) groups is 1. The molecule has 0 aliphatic rings. The zero-order chi connectivity index (χ0) is 15.1. The first-order valence-electron chi connectivity index (χ1n) is 6.53. The third-order valence-electron chi connectivity index (χ3n) is 2.92. The first kappa shape index (κ1) is 15.9. The van der Waals surface area contributed by atoms with Gasteiger partial charge in [0.05, 0.1) is 23.4 Å². The van der Waals surface area contributed by atoms with E-state index >= 15 is 0 Å². The minimum atomic E-state index is -0.384. The molecule has 5 heteroatoms. The summed E-state index contributed by atoms with van der Waals surface area (Å²) in [5.41, 5.74) is 0.885. The van der Waals surface area contributed by atoms with E-state index in [0.717, 1.165) is 10.5 Å². The highest BCUT2D eigenvalue weighted by atomic mass is 35.5. The number of aliphatic hydroxyl groups is 1. The van der Waals surface area contributed by atoms with Crippen LogP contribution in [0.1, 0.15) is 11.6 Å². The molecule has 0 unspecified atom stereocenters. The van der Waals surface area contributed by atoms with Crippen molar-refractivity contribution in [3.8, 4) is 0 Å². The molecule has 0 radical (unpaired) electrons. The number of hydrogen-bond acceptors (Lipinski definition) is 3. The molecule has 0 aromatic heterocycles. The Bertz CT molecular complexity index is 592. The Hall–Kier alpha value is -1.49. The normalized spacial score (nSPS) is 11.9. The van der Waals surface area contributed by atoms with Crippen molar-refractivity contribution in [1.29, 1.82) is 0 Å². The first-order chi connectivity index (χ1) is 10.2. The van der Waals surface area contributed by atoms with Crippen molar-refractivity contribution in [1.82, 2.24) is 5.32 Å². The van der Waals surface area contributed by atoms with Gasteiger partial charge in [-0.25, -0.2) is 0 Å². The lowest BCUT2D eigenvalue weighted by Gasteiger charge is -2.16. The summed E-state index contributed by atoms with van der Waals surface area (Å²) in [6.45, 7) is -0.132. The number of carbonyl (C=O) groups is 1. The molecule has 1 amide bonds. The first-order valence-corrected chi connectivity index (χ1v) is 7.89. The maximum absolute atomic E-state index is 12.0. The summed E-state index contributed by atoms with van der Waals surface area (Å²) in [5.74, 6) is 0.121. The number of amides is 1. The van der Waals surface area contributed by atoms with Gasteiger partial charge in [0.25, 0.3) is 0 Å². The number of nitrogens with one attached hydrogen (secondary N) is 1. The van der Waals surface area contributed by atoms with E-state index in [4.69, 9.17) is 11.6 Å². The van der Waals surface area contributed by atoms with Gasteiger partial charge in [0.1, 0.15) is 0 Å². The molecule has 0 spiro atoms. The summed E-state index contributed by atoms with van der Waals surface area (Å²) < 4.78 is 0. The molecule has 1 atom stereocenters. The number of halogens is 1. The van der Waals surface area contributed by atoms with Crippen LogP contribution >= 0.6 is 23.4 Å². The fourth-order valence-electron chi connectivity index (χ4n) is 1.86. The highest BCUT2D eigenvalue weighted by Crippen LogP contribution is 2.26. The highest BCUT2D eigenvalue weighted by molar-refractivity contribution is 8.00. The van der Waals surface area contributed by atoms with Crippen molar-refractivity contribution >= 4 is 29.3 Å². The number of rotatable bonds is 6. The van der Waals surface area contributed by atoms with E-state index in [2.05, 4.69) is 5.32 Å². The van der Waals surface area contributed by atoms with Gasteiger partial charge in [0.2, 0.25) is 5.91 Å². The van der Waals surface area contributed by atoms with Gasteiger partial charge in [-0.1, -0.05) is 54.1 Å². The van der Waals surface area contributed by atoms with E-state index in [1.165, 1.54) is 11.8 Å². The summed E-state index contributed by atoms with van der Waals surface area (Å²) in [4.78, 5) is 12.9. The Morgan fingerprint density at radius 1 is 1.14 bits per heavy atom. The van der Waals surface area contributed by atoms with E-state index in [9.17, 15) is 9.90 Å². The van der Waals surface area contributed by atoms with Gasteiger partial charge in [-0.05, 0) is 17.7 Å². The second-order valence-corrected chi connectivity index (χ2v) is 5.86. The minimum Gasteiger partial charge on any atom is -0.394 e. The number of hydrogen-bond donors (Lipinski definition) is 2. The third kappa shape index (κ3) is 4.77. The lowest BCUT2D eigenvalue weighted by molar-refractivity contribution is -0.119. The van der Waals surface area contributed by atoms with E-state index in [-0.39, 0.29) is 24.3 Å². The molecule has 0 fully saturated rings. The number of carbonyl (C=O) groups excluding carboxylic acids is 1. The Labute approximate surface area is 133 Å². The molecular formula is C16H16ClNO2S. The molecule has 2 rings (SSSR count). The van der Waals surface area contributed by atoms with Crippen LogP contribution in [0.2, 0.25) is 5.02 Å². The van der Waals surface area contributed by atoms with Gasteiger partial charge in [0.15, 0.2) is 0 Å². The molecule has 0 aliphatic carbocycles. The predicted molar refractivity (Wildman–Crippen MR) is 86.6 cm³/mol. The molecule has 0 saturated carbocycles. The fourth-order valence-corrected chi connectivity index (χ4v) is 2.91. The quantitative estimate of drug-likeness (QED) is 0.803. The molecule has 0 bridgehead atoms. The van der Waals surface area contributed by atoms with Crippen LogP contribution in [0, 0.1) is 0 Å². The van der Waals surface area contributed by atoms with E-state index in [1.807, 2.05) is 48.5 Å². The SMILES string of the molecule is O=C(CSc1ccccc1Cl)N[C@@H](CO)c1ccccc1. The summed E-state index contributed by atoms with van der Waals surface area (Å²) in [6.07, 6.45) is 0. The van der Waals surface area contributed by atoms with Gasteiger partial charge >= 0.3 is 0 Å². The molecule has 2 N–H and O–H groups in total. The lowest BCUT2D eigenvalue weighted by Crippen LogP contribution is -2.32.